The van der Waals surface area contributed by atoms with Gasteiger partial charge < -0.3 is 10.4 Å². The van der Waals surface area contributed by atoms with Crippen molar-refractivity contribution in [1.82, 2.24) is 5.32 Å². The van der Waals surface area contributed by atoms with Gasteiger partial charge in [-0.05, 0) is 11.5 Å². The Labute approximate surface area is 114 Å². The lowest BCUT2D eigenvalue weighted by atomic mass is 10.1. The minimum absolute atomic E-state index is 0.0934. The van der Waals surface area contributed by atoms with Crippen LogP contribution in [0.25, 0.3) is 0 Å². The molecule has 1 aromatic rings. The quantitative estimate of drug-likeness (QED) is 0.887. The largest absolute Gasteiger partial charge is 0.481 e. The molecule has 0 spiro atoms. The van der Waals surface area contributed by atoms with Gasteiger partial charge in [0.2, 0.25) is 5.91 Å². The Morgan fingerprint density at radius 2 is 1.95 bits per heavy atom. The van der Waals surface area contributed by atoms with E-state index in [0.29, 0.717) is 0 Å². The number of halogens is 2. The lowest BCUT2D eigenvalue weighted by Gasteiger charge is -2.07. The fourth-order valence-electron chi connectivity index (χ4n) is 2.55. The van der Waals surface area contributed by atoms with Crippen molar-refractivity contribution in [2.75, 3.05) is 0 Å². The summed E-state index contributed by atoms with van der Waals surface area (Å²) in [7, 11) is 0. The standard InChI is InChI=1S/C14H15F2NO3/c1-14(2)10(11(14)13(19)20)12(18)17-6-7-3-4-8(15)5-9(7)16/h3-5,10-11H,6H2,1-2H3,(H,17,18)(H,19,20). The number of carboxylic acids is 1. The van der Waals surface area contributed by atoms with Crippen molar-refractivity contribution < 1.29 is 23.5 Å². The SMILES string of the molecule is CC1(C)C(C(=O)O)C1C(=O)NCc1ccc(F)cc1F. The molecular weight excluding hydrogens is 268 g/mol. The van der Waals surface area contributed by atoms with Gasteiger partial charge in [0.15, 0.2) is 0 Å². The van der Waals surface area contributed by atoms with Crippen LogP contribution < -0.4 is 5.32 Å². The van der Waals surface area contributed by atoms with Crippen LogP contribution in [0.4, 0.5) is 8.78 Å². The van der Waals surface area contributed by atoms with E-state index in [1.54, 1.807) is 13.8 Å². The molecule has 2 N–H and O–H groups in total. The van der Waals surface area contributed by atoms with E-state index in [1.807, 2.05) is 0 Å². The summed E-state index contributed by atoms with van der Waals surface area (Å²) in [5, 5.41) is 11.5. The van der Waals surface area contributed by atoms with E-state index in [9.17, 15) is 18.4 Å². The number of carboxylic acid groups (broad SMARTS) is 1. The average Bonchev–Trinajstić information content (AvgIpc) is 2.91. The molecule has 1 amide bonds. The topological polar surface area (TPSA) is 66.4 Å². The molecule has 0 saturated heterocycles. The van der Waals surface area contributed by atoms with Crippen molar-refractivity contribution in [2.24, 2.45) is 17.3 Å². The maximum absolute atomic E-state index is 13.4. The van der Waals surface area contributed by atoms with Gasteiger partial charge in [0, 0.05) is 18.2 Å². The molecule has 0 bridgehead atoms. The third kappa shape index (κ3) is 2.50. The highest BCUT2D eigenvalue weighted by Crippen LogP contribution is 2.58. The summed E-state index contributed by atoms with van der Waals surface area (Å²) in [5.41, 5.74) is -0.442. The van der Waals surface area contributed by atoms with Crippen molar-refractivity contribution >= 4 is 11.9 Å². The molecule has 1 saturated carbocycles. The van der Waals surface area contributed by atoms with Gasteiger partial charge in [-0.25, -0.2) is 8.78 Å². The molecule has 1 aromatic carbocycles. The number of nitrogens with one attached hydrogen (secondary N) is 1. The maximum Gasteiger partial charge on any atom is 0.307 e. The van der Waals surface area contributed by atoms with Gasteiger partial charge >= 0.3 is 5.97 Å². The first-order chi connectivity index (χ1) is 9.25. The first-order valence-electron chi connectivity index (χ1n) is 6.19. The van der Waals surface area contributed by atoms with E-state index >= 15 is 0 Å². The van der Waals surface area contributed by atoms with Crippen molar-refractivity contribution in [2.45, 2.75) is 20.4 Å². The predicted octanol–water partition coefficient (Wildman–Crippen LogP) is 1.94. The number of rotatable bonds is 4. The Kier molecular flexibility index (Phi) is 3.50. The molecule has 6 heteroatoms. The van der Waals surface area contributed by atoms with Crippen LogP contribution in [0.1, 0.15) is 19.4 Å². The molecule has 0 aromatic heterocycles. The number of benzene rings is 1. The molecule has 2 rings (SSSR count). The van der Waals surface area contributed by atoms with E-state index in [-0.39, 0.29) is 12.1 Å². The van der Waals surface area contributed by atoms with Crippen molar-refractivity contribution in [3.8, 4) is 0 Å². The van der Waals surface area contributed by atoms with Crippen LogP contribution in [-0.4, -0.2) is 17.0 Å². The Morgan fingerprint density at radius 3 is 2.45 bits per heavy atom. The van der Waals surface area contributed by atoms with Gasteiger partial charge in [0.25, 0.3) is 0 Å². The molecule has 1 fully saturated rings. The van der Waals surface area contributed by atoms with Crippen LogP contribution in [0.5, 0.6) is 0 Å². The summed E-state index contributed by atoms with van der Waals surface area (Å²) in [5.74, 6) is -4.21. The molecule has 2 unspecified atom stereocenters. The number of amides is 1. The lowest BCUT2D eigenvalue weighted by Crippen LogP contribution is -2.27. The third-order valence-electron chi connectivity index (χ3n) is 3.84. The number of carbonyl (C=O) groups excluding carboxylic acids is 1. The Hall–Kier alpha value is -1.98. The smallest absolute Gasteiger partial charge is 0.307 e. The van der Waals surface area contributed by atoms with Gasteiger partial charge in [-0.1, -0.05) is 19.9 Å². The van der Waals surface area contributed by atoms with Crippen molar-refractivity contribution in [3.05, 3.63) is 35.4 Å². The van der Waals surface area contributed by atoms with Gasteiger partial charge in [0.1, 0.15) is 11.6 Å². The minimum Gasteiger partial charge on any atom is -0.481 e. The molecule has 0 heterocycles. The Morgan fingerprint density at radius 1 is 1.30 bits per heavy atom. The second-order valence-corrected chi connectivity index (χ2v) is 5.57. The van der Waals surface area contributed by atoms with E-state index in [0.717, 1.165) is 12.1 Å². The normalized spacial score (nSPS) is 23.2. The Bertz CT molecular complexity index is 572. The first-order valence-corrected chi connectivity index (χ1v) is 6.19. The fraction of sp³-hybridized carbons (Fsp3) is 0.429. The van der Waals surface area contributed by atoms with Crippen LogP contribution in [0, 0.1) is 28.9 Å². The summed E-state index contributed by atoms with van der Waals surface area (Å²) >= 11 is 0. The highest BCUT2D eigenvalue weighted by atomic mass is 19.1. The molecule has 108 valence electrons. The van der Waals surface area contributed by atoms with E-state index in [2.05, 4.69) is 5.32 Å². The molecule has 1 aliphatic rings. The second-order valence-electron chi connectivity index (χ2n) is 5.57. The van der Waals surface area contributed by atoms with Crippen molar-refractivity contribution in [1.29, 1.82) is 0 Å². The monoisotopic (exact) mass is 283 g/mol. The van der Waals surface area contributed by atoms with Crippen LogP contribution >= 0.6 is 0 Å². The number of hydrogen-bond donors (Lipinski definition) is 2. The van der Waals surface area contributed by atoms with Gasteiger partial charge in [0.05, 0.1) is 11.8 Å². The zero-order valence-corrected chi connectivity index (χ0v) is 11.1. The molecule has 20 heavy (non-hydrogen) atoms. The predicted molar refractivity (Wildman–Crippen MR) is 66.6 cm³/mol. The number of carbonyl (C=O) groups is 2. The zero-order valence-electron chi connectivity index (χ0n) is 11.1. The fourth-order valence-corrected chi connectivity index (χ4v) is 2.55. The van der Waals surface area contributed by atoms with Gasteiger partial charge in [-0.2, -0.15) is 0 Å². The van der Waals surface area contributed by atoms with E-state index in [1.165, 1.54) is 6.07 Å². The van der Waals surface area contributed by atoms with Crippen molar-refractivity contribution in [3.63, 3.8) is 0 Å². The minimum atomic E-state index is -1.01. The van der Waals surface area contributed by atoms with Gasteiger partial charge in [-0.15, -0.1) is 0 Å². The molecule has 4 nitrogen and oxygen atoms in total. The third-order valence-corrected chi connectivity index (χ3v) is 3.84. The summed E-state index contributed by atoms with van der Waals surface area (Å²) < 4.78 is 26.1. The highest BCUT2D eigenvalue weighted by Gasteiger charge is 2.65. The zero-order chi connectivity index (χ0) is 15.1. The number of aliphatic carboxylic acids is 1. The molecule has 0 aliphatic heterocycles. The van der Waals surface area contributed by atoms with Crippen LogP contribution in [0.2, 0.25) is 0 Å². The molecule has 2 atom stereocenters. The van der Waals surface area contributed by atoms with Crippen LogP contribution in [0.15, 0.2) is 18.2 Å². The molecule has 0 radical (unpaired) electrons. The Balaban J connectivity index is 1.98. The molecular formula is C14H15F2NO3. The average molecular weight is 283 g/mol. The van der Waals surface area contributed by atoms with E-state index in [4.69, 9.17) is 5.11 Å². The summed E-state index contributed by atoms with van der Waals surface area (Å²) in [6.07, 6.45) is 0. The lowest BCUT2D eigenvalue weighted by molar-refractivity contribution is -0.140. The number of hydrogen-bond acceptors (Lipinski definition) is 2. The van der Waals surface area contributed by atoms with Gasteiger partial charge in [-0.3, -0.25) is 9.59 Å². The second kappa shape index (κ2) is 4.85. The maximum atomic E-state index is 13.4. The van der Waals surface area contributed by atoms with Crippen LogP contribution in [-0.2, 0) is 16.1 Å². The summed E-state index contributed by atoms with van der Waals surface area (Å²) in [6.45, 7) is 3.31. The molecule has 1 aliphatic carbocycles. The van der Waals surface area contributed by atoms with Crippen LogP contribution in [0.3, 0.4) is 0 Å². The highest BCUT2D eigenvalue weighted by molar-refractivity contribution is 5.91. The first kappa shape index (κ1) is 14.4. The summed E-state index contributed by atoms with van der Waals surface area (Å²) in [4.78, 5) is 22.9. The van der Waals surface area contributed by atoms with E-state index < -0.39 is 40.8 Å². The summed E-state index contributed by atoms with van der Waals surface area (Å²) in [6, 6.07) is 3.09.